The highest BCUT2D eigenvalue weighted by molar-refractivity contribution is 6.34. The summed E-state index contributed by atoms with van der Waals surface area (Å²) in [4.78, 5) is 29.1. The molecule has 2 aromatic rings. The number of carbonyl (C=O) groups excluding carboxylic acids is 2. The molecule has 2 rings (SSSR count). The molecule has 0 atom stereocenters. The minimum atomic E-state index is -0.816. The number of amides is 2. The van der Waals surface area contributed by atoms with Gasteiger partial charge in [0.05, 0.1) is 21.7 Å². The molecule has 2 amide bonds. The number of pyridine rings is 1. The Morgan fingerprint density at radius 2 is 1.80 bits per heavy atom. The number of hydrogen-bond acceptors (Lipinski definition) is 3. The summed E-state index contributed by atoms with van der Waals surface area (Å²) >= 11 is 11.8. The highest BCUT2D eigenvalue weighted by atomic mass is 35.5. The number of nitrogens with one attached hydrogen (secondary N) is 1. The summed E-state index contributed by atoms with van der Waals surface area (Å²) in [5, 5.41) is 1.24. The summed E-state index contributed by atoms with van der Waals surface area (Å²) in [6.45, 7) is 5.12. The first-order chi connectivity index (χ1) is 11.6. The number of aromatic nitrogens is 1. The lowest BCUT2D eigenvalue weighted by Crippen LogP contribution is -2.56. The van der Waals surface area contributed by atoms with Gasteiger partial charge in [0.15, 0.2) is 0 Å². The van der Waals surface area contributed by atoms with Gasteiger partial charge in [-0.1, -0.05) is 35.3 Å². The van der Waals surface area contributed by atoms with Crippen molar-refractivity contribution in [3.05, 3.63) is 63.6 Å². The van der Waals surface area contributed by atoms with E-state index in [1.165, 1.54) is 30.5 Å². The Kier molecular flexibility index (Phi) is 5.65. The average Bonchev–Trinajstić information content (AvgIpc) is 2.53. The fraction of sp³-hybridized carbons (Fsp3) is 0.235. The molecule has 25 heavy (non-hydrogen) atoms. The van der Waals surface area contributed by atoms with Crippen LogP contribution in [0.4, 0.5) is 4.39 Å². The third-order valence-corrected chi connectivity index (χ3v) is 3.75. The topological polar surface area (TPSA) is 62.3 Å². The van der Waals surface area contributed by atoms with Crippen LogP contribution in [-0.4, -0.2) is 27.3 Å². The van der Waals surface area contributed by atoms with E-state index in [0.29, 0.717) is 0 Å². The van der Waals surface area contributed by atoms with Gasteiger partial charge in [0.25, 0.3) is 11.8 Å². The third kappa shape index (κ3) is 4.46. The van der Waals surface area contributed by atoms with Crippen LogP contribution in [0, 0.1) is 5.82 Å². The van der Waals surface area contributed by atoms with Gasteiger partial charge in [-0.2, -0.15) is 0 Å². The molecule has 1 aromatic heterocycles. The molecule has 0 unspecified atom stereocenters. The van der Waals surface area contributed by atoms with Crippen molar-refractivity contribution in [1.82, 2.24) is 15.4 Å². The van der Waals surface area contributed by atoms with Crippen molar-refractivity contribution < 1.29 is 14.0 Å². The molecule has 1 heterocycles. The highest BCUT2D eigenvalue weighted by Gasteiger charge is 2.31. The molecule has 8 heteroatoms. The van der Waals surface area contributed by atoms with Crippen LogP contribution in [0.5, 0.6) is 0 Å². The van der Waals surface area contributed by atoms with Gasteiger partial charge in [-0.05, 0) is 39.0 Å². The number of hydrogen-bond donors (Lipinski definition) is 1. The number of halogens is 3. The first kappa shape index (κ1) is 19.1. The number of nitrogens with zero attached hydrogens (tertiary/aromatic N) is 2. The van der Waals surface area contributed by atoms with Gasteiger partial charge in [0, 0.05) is 6.20 Å². The summed E-state index contributed by atoms with van der Waals surface area (Å²) in [6, 6.07) is 6.84. The monoisotopic (exact) mass is 383 g/mol. The van der Waals surface area contributed by atoms with Crippen molar-refractivity contribution >= 4 is 35.0 Å². The Bertz CT molecular complexity index is 822. The molecule has 0 saturated heterocycles. The van der Waals surface area contributed by atoms with Crippen LogP contribution in [0.3, 0.4) is 0 Å². The summed E-state index contributed by atoms with van der Waals surface area (Å²) < 4.78 is 13.8. The molecule has 5 nitrogen and oxygen atoms in total. The van der Waals surface area contributed by atoms with Crippen molar-refractivity contribution in [2.75, 3.05) is 0 Å². The molecule has 0 aliphatic heterocycles. The van der Waals surface area contributed by atoms with Gasteiger partial charge in [-0.3, -0.25) is 15.0 Å². The molecule has 0 spiro atoms. The van der Waals surface area contributed by atoms with E-state index in [9.17, 15) is 14.0 Å². The fourth-order valence-electron chi connectivity index (χ4n) is 2.02. The highest BCUT2D eigenvalue weighted by Crippen LogP contribution is 2.22. The summed E-state index contributed by atoms with van der Waals surface area (Å²) in [7, 11) is 0. The molecule has 0 saturated carbocycles. The van der Waals surface area contributed by atoms with Crippen LogP contribution in [-0.2, 0) is 0 Å². The quantitative estimate of drug-likeness (QED) is 0.626. The van der Waals surface area contributed by atoms with Crippen LogP contribution >= 0.6 is 23.2 Å². The van der Waals surface area contributed by atoms with E-state index >= 15 is 0 Å². The first-order valence-corrected chi connectivity index (χ1v) is 8.08. The van der Waals surface area contributed by atoms with Crippen molar-refractivity contribution in [1.29, 1.82) is 0 Å². The lowest BCUT2D eigenvalue weighted by Gasteiger charge is -2.35. The maximum absolute atomic E-state index is 13.8. The molecule has 1 N–H and O–H groups in total. The molecule has 0 fully saturated rings. The number of hydrazine groups is 1. The molecule has 0 bridgehead atoms. The van der Waals surface area contributed by atoms with Crippen molar-refractivity contribution in [2.24, 2.45) is 0 Å². The van der Waals surface area contributed by atoms with E-state index in [0.717, 1.165) is 11.1 Å². The Morgan fingerprint density at radius 3 is 2.40 bits per heavy atom. The standard InChI is InChI=1S/C17H16Cl2FN3O2/c1-17(2,3)23(16(25)12-8-10(18)9-21-14(12)19)22-15(24)11-6-4-5-7-13(11)20/h4-9H,1-3H3,(H,22,24). The van der Waals surface area contributed by atoms with Crippen molar-refractivity contribution in [3.8, 4) is 0 Å². The minimum absolute atomic E-state index is 0.0259. The summed E-state index contributed by atoms with van der Waals surface area (Å²) in [5.74, 6) is -2.06. The molecule has 0 aliphatic carbocycles. The lowest BCUT2D eigenvalue weighted by molar-refractivity contribution is 0.0357. The third-order valence-electron chi connectivity index (χ3n) is 3.24. The number of rotatable bonds is 2. The van der Waals surface area contributed by atoms with Gasteiger partial charge in [-0.25, -0.2) is 14.4 Å². The van der Waals surface area contributed by atoms with Gasteiger partial charge >= 0.3 is 0 Å². The van der Waals surface area contributed by atoms with Crippen LogP contribution in [0.2, 0.25) is 10.2 Å². The zero-order chi connectivity index (χ0) is 18.8. The SMILES string of the molecule is CC(C)(C)N(NC(=O)c1ccccc1F)C(=O)c1cc(Cl)cnc1Cl. The van der Waals surface area contributed by atoms with Crippen LogP contribution in [0.25, 0.3) is 0 Å². The maximum atomic E-state index is 13.8. The van der Waals surface area contributed by atoms with Gasteiger partial charge in [-0.15, -0.1) is 0 Å². The first-order valence-electron chi connectivity index (χ1n) is 7.32. The second-order valence-electron chi connectivity index (χ2n) is 6.22. The van der Waals surface area contributed by atoms with E-state index in [-0.39, 0.29) is 21.3 Å². The van der Waals surface area contributed by atoms with E-state index in [1.807, 2.05) is 0 Å². The number of carbonyl (C=O) groups is 2. The van der Waals surface area contributed by atoms with Gasteiger partial charge in [0.2, 0.25) is 0 Å². The van der Waals surface area contributed by atoms with Gasteiger partial charge < -0.3 is 0 Å². The Morgan fingerprint density at radius 1 is 1.16 bits per heavy atom. The largest absolute Gasteiger partial charge is 0.275 e. The smallest absolute Gasteiger partial charge is 0.267 e. The van der Waals surface area contributed by atoms with Crippen molar-refractivity contribution in [2.45, 2.75) is 26.3 Å². The fourth-order valence-corrected chi connectivity index (χ4v) is 2.37. The number of benzene rings is 1. The predicted octanol–water partition coefficient (Wildman–Crippen LogP) is 4.11. The van der Waals surface area contributed by atoms with E-state index in [1.54, 1.807) is 20.8 Å². The van der Waals surface area contributed by atoms with Gasteiger partial charge in [0.1, 0.15) is 11.0 Å². The molecular weight excluding hydrogens is 368 g/mol. The second-order valence-corrected chi connectivity index (χ2v) is 7.02. The van der Waals surface area contributed by atoms with E-state index in [4.69, 9.17) is 23.2 Å². The van der Waals surface area contributed by atoms with Crippen LogP contribution < -0.4 is 5.43 Å². The molecule has 132 valence electrons. The molecule has 1 aromatic carbocycles. The van der Waals surface area contributed by atoms with Crippen LogP contribution in [0.1, 0.15) is 41.5 Å². The normalized spacial score (nSPS) is 11.1. The van der Waals surface area contributed by atoms with E-state index < -0.39 is 23.2 Å². The second kappa shape index (κ2) is 7.37. The van der Waals surface area contributed by atoms with Crippen molar-refractivity contribution in [3.63, 3.8) is 0 Å². The Labute approximate surface area is 154 Å². The molecular formula is C17H16Cl2FN3O2. The Balaban J connectivity index is 2.37. The van der Waals surface area contributed by atoms with E-state index in [2.05, 4.69) is 10.4 Å². The molecule has 0 radical (unpaired) electrons. The zero-order valence-corrected chi connectivity index (χ0v) is 15.3. The predicted molar refractivity (Wildman–Crippen MR) is 94.0 cm³/mol. The average molecular weight is 384 g/mol. The maximum Gasteiger partial charge on any atom is 0.275 e. The summed E-state index contributed by atoms with van der Waals surface area (Å²) in [6.07, 6.45) is 1.31. The summed E-state index contributed by atoms with van der Waals surface area (Å²) in [5.41, 5.74) is 1.46. The lowest BCUT2D eigenvalue weighted by atomic mass is 10.1. The molecule has 0 aliphatic rings. The minimum Gasteiger partial charge on any atom is -0.267 e. The Hall–Kier alpha value is -2.18. The zero-order valence-electron chi connectivity index (χ0n) is 13.8. The van der Waals surface area contributed by atoms with Crippen LogP contribution in [0.15, 0.2) is 36.5 Å².